The van der Waals surface area contributed by atoms with Crippen molar-refractivity contribution in [3.63, 3.8) is 0 Å². The summed E-state index contributed by atoms with van der Waals surface area (Å²) in [5.74, 6) is 2.13. The van der Waals surface area contributed by atoms with Gasteiger partial charge < -0.3 is 19.9 Å². The molecule has 2 saturated heterocycles. The van der Waals surface area contributed by atoms with Crippen LogP contribution >= 0.6 is 0 Å². The van der Waals surface area contributed by atoms with Crippen molar-refractivity contribution in [2.24, 2.45) is 11.8 Å². The van der Waals surface area contributed by atoms with E-state index in [0.717, 1.165) is 76.3 Å². The second-order valence-corrected chi connectivity index (χ2v) is 8.61. The highest BCUT2D eigenvalue weighted by atomic mass is 16.5. The predicted molar refractivity (Wildman–Crippen MR) is 121 cm³/mol. The predicted octanol–water partition coefficient (Wildman–Crippen LogP) is 3.10. The summed E-state index contributed by atoms with van der Waals surface area (Å²) in [4.78, 5) is 37.8. The van der Waals surface area contributed by atoms with Crippen LogP contribution in [0.15, 0.2) is 12.4 Å². The number of anilines is 2. The van der Waals surface area contributed by atoms with Crippen molar-refractivity contribution < 1.29 is 14.3 Å². The first-order valence-corrected chi connectivity index (χ1v) is 11.9. The number of hydrogen-bond acceptors (Lipinski definition) is 7. The Hall–Kier alpha value is -2.38. The van der Waals surface area contributed by atoms with Crippen LogP contribution in [0.1, 0.15) is 58.8 Å². The Kier molecular flexibility index (Phi) is 8.91. The summed E-state index contributed by atoms with van der Waals surface area (Å²) in [5, 5.41) is 3.32. The van der Waals surface area contributed by atoms with Crippen LogP contribution in [0.25, 0.3) is 0 Å². The van der Waals surface area contributed by atoms with Crippen LogP contribution in [-0.2, 0) is 14.3 Å². The van der Waals surface area contributed by atoms with Crippen LogP contribution in [0.5, 0.6) is 0 Å². The van der Waals surface area contributed by atoms with Gasteiger partial charge in [0.25, 0.3) is 0 Å². The monoisotopic (exact) mass is 431 g/mol. The summed E-state index contributed by atoms with van der Waals surface area (Å²) < 4.78 is 5.15. The average Bonchev–Trinajstić information content (AvgIpc) is 2.82. The third-order valence-corrected chi connectivity index (χ3v) is 6.21. The molecule has 2 aliphatic heterocycles. The zero-order chi connectivity index (χ0) is 22.1. The molecule has 0 spiro atoms. The smallest absolute Gasteiger partial charge is 0.310 e. The molecule has 1 aromatic rings. The van der Waals surface area contributed by atoms with Crippen molar-refractivity contribution in [1.29, 1.82) is 0 Å². The molecule has 8 nitrogen and oxygen atoms in total. The van der Waals surface area contributed by atoms with Crippen LogP contribution in [0, 0.1) is 11.8 Å². The Morgan fingerprint density at radius 2 is 2.00 bits per heavy atom. The number of nitrogens with one attached hydrogen (secondary N) is 1. The largest absolute Gasteiger partial charge is 0.466 e. The van der Waals surface area contributed by atoms with Crippen LogP contribution < -0.4 is 10.2 Å². The number of likely N-dealkylation sites (tertiary alicyclic amines) is 1. The molecular formula is C23H37N5O3. The number of carbonyl (C=O) groups excluding carboxylic acids is 2. The molecule has 0 radical (unpaired) electrons. The maximum absolute atomic E-state index is 12.8. The van der Waals surface area contributed by atoms with E-state index in [1.54, 1.807) is 6.33 Å². The third kappa shape index (κ3) is 6.80. The zero-order valence-corrected chi connectivity index (χ0v) is 19.0. The third-order valence-electron chi connectivity index (χ3n) is 6.21. The van der Waals surface area contributed by atoms with Crippen molar-refractivity contribution >= 4 is 23.5 Å². The summed E-state index contributed by atoms with van der Waals surface area (Å²) in [7, 11) is 0. The Bertz CT molecular complexity index is 729. The van der Waals surface area contributed by atoms with Gasteiger partial charge in [-0.3, -0.25) is 9.59 Å². The number of rotatable bonds is 9. The van der Waals surface area contributed by atoms with Crippen LogP contribution in [-0.4, -0.2) is 66.1 Å². The van der Waals surface area contributed by atoms with E-state index in [1.165, 1.54) is 0 Å². The van der Waals surface area contributed by atoms with E-state index in [0.29, 0.717) is 25.5 Å². The van der Waals surface area contributed by atoms with Crippen molar-refractivity contribution in [3.05, 3.63) is 12.4 Å². The normalized spacial score (nSPS) is 21.6. The maximum atomic E-state index is 12.8. The molecule has 0 unspecified atom stereocenters. The fraction of sp³-hybridized carbons (Fsp3) is 0.739. The van der Waals surface area contributed by atoms with E-state index in [1.807, 2.05) is 17.9 Å². The molecule has 172 valence electrons. The molecule has 3 rings (SSSR count). The summed E-state index contributed by atoms with van der Waals surface area (Å²) in [6.07, 6.45) is 8.02. The van der Waals surface area contributed by atoms with Crippen LogP contribution in [0.4, 0.5) is 11.6 Å². The number of piperidine rings is 2. The second kappa shape index (κ2) is 11.9. The Balaban J connectivity index is 1.48. The lowest BCUT2D eigenvalue weighted by Gasteiger charge is -2.35. The van der Waals surface area contributed by atoms with Crippen molar-refractivity contribution in [2.75, 3.05) is 49.5 Å². The molecule has 31 heavy (non-hydrogen) atoms. The first kappa shape index (κ1) is 23.3. The highest BCUT2D eigenvalue weighted by Crippen LogP contribution is 2.26. The lowest BCUT2D eigenvalue weighted by atomic mass is 9.92. The molecule has 0 aliphatic carbocycles. The average molecular weight is 432 g/mol. The van der Waals surface area contributed by atoms with E-state index in [2.05, 4.69) is 27.1 Å². The molecule has 0 aromatic carbocycles. The molecule has 0 bridgehead atoms. The molecule has 3 heterocycles. The molecule has 2 fully saturated rings. The molecular weight excluding hydrogens is 394 g/mol. The zero-order valence-electron chi connectivity index (χ0n) is 19.0. The minimum absolute atomic E-state index is 0.166. The summed E-state index contributed by atoms with van der Waals surface area (Å²) in [6, 6.07) is 2.02. The van der Waals surface area contributed by atoms with Gasteiger partial charge in [0.05, 0.1) is 12.5 Å². The number of amides is 1. The topological polar surface area (TPSA) is 87.7 Å². The lowest BCUT2D eigenvalue weighted by Crippen LogP contribution is -2.43. The van der Waals surface area contributed by atoms with E-state index >= 15 is 0 Å². The lowest BCUT2D eigenvalue weighted by molar-refractivity contribution is -0.151. The van der Waals surface area contributed by atoms with Gasteiger partial charge in [0.2, 0.25) is 5.91 Å². The highest BCUT2D eigenvalue weighted by molar-refractivity contribution is 5.78. The van der Waals surface area contributed by atoms with Gasteiger partial charge in [0.15, 0.2) is 0 Å². The summed E-state index contributed by atoms with van der Waals surface area (Å²) in [6.45, 7) is 8.40. The van der Waals surface area contributed by atoms with Crippen molar-refractivity contribution in [2.45, 2.75) is 58.8 Å². The Morgan fingerprint density at radius 3 is 2.81 bits per heavy atom. The minimum atomic E-state index is -0.170. The molecule has 2 aliphatic rings. The quantitative estimate of drug-likeness (QED) is 0.601. The fourth-order valence-corrected chi connectivity index (χ4v) is 4.52. The number of aromatic nitrogens is 2. The molecule has 8 heteroatoms. The van der Waals surface area contributed by atoms with Gasteiger partial charge in [-0.15, -0.1) is 0 Å². The molecule has 1 N–H and O–H groups in total. The SMILES string of the molecule is CCCNc1cc(N2CCC[C@@H](CCC(=O)N3CCC[C@@H](C(=O)OCC)C3)C2)ncn1. The minimum Gasteiger partial charge on any atom is -0.466 e. The van der Waals surface area contributed by atoms with Crippen LogP contribution in [0.3, 0.4) is 0 Å². The van der Waals surface area contributed by atoms with Gasteiger partial charge in [-0.25, -0.2) is 9.97 Å². The standard InChI is InChI=1S/C23H37N5O3/c1-3-11-24-20-14-21(26-17-25-20)27-12-5-7-18(15-27)9-10-22(29)28-13-6-8-19(16-28)23(30)31-4-2/h14,17-19H,3-13,15-16H2,1-2H3,(H,24,25,26)/t18-,19+/m0/s1. The summed E-state index contributed by atoms with van der Waals surface area (Å²) in [5.41, 5.74) is 0. The first-order valence-electron chi connectivity index (χ1n) is 11.9. The molecule has 2 atom stereocenters. The number of hydrogen-bond donors (Lipinski definition) is 1. The first-order chi connectivity index (χ1) is 15.1. The number of esters is 1. The van der Waals surface area contributed by atoms with Gasteiger partial charge >= 0.3 is 5.97 Å². The highest BCUT2D eigenvalue weighted by Gasteiger charge is 2.30. The van der Waals surface area contributed by atoms with Gasteiger partial charge in [-0.1, -0.05) is 6.92 Å². The summed E-state index contributed by atoms with van der Waals surface area (Å²) >= 11 is 0. The molecule has 1 amide bonds. The fourth-order valence-electron chi connectivity index (χ4n) is 4.52. The second-order valence-electron chi connectivity index (χ2n) is 8.61. The van der Waals surface area contributed by atoms with Gasteiger partial charge in [-0.2, -0.15) is 0 Å². The Morgan fingerprint density at radius 1 is 1.16 bits per heavy atom. The number of nitrogens with zero attached hydrogens (tertiary/aromatic N) is 4. The van der Waals surface area contributed by atoms with E-state index in [4.69, 9.17) is 4.74 Å². The molecule has 0 saturated carbocycles. The van der Waals surface area contributed by atoms with Crippen molar-refractivity contribution in [3.8, 4) is 0 Å². The number of carbonyl (C=O) groups is 2. The van der Waals surface area contributed by atoms with E-state index < -0.39 is 0 Å². The Labute approximate surface area is 185 Å². The maximum Gasteiger partial charge on any atom is 0.310 e. The van der Waals surface area contributed by atoms with Gasteiger partial charge in [-0.05, 0) is 51.4 Å². The van der Waals surface area contributed by atoms with Crippen molar-refractivity contribution in [1.82, 2.24) is 14.9 Å². The van der Waals surface area contributed by atoms with Crippen LogP contribution in [0.2, 0.25) is 0 Å². The number of ether oxygens (including phenoxy) is 1. The van der Waals surface area contributed by atoms with E-state index in [9.17, 15) is 9.59 Å². The van der Waals surface area contributed by atoms with E-state index in [-0.39, 0.29) is 17.8 Å². The van der Waals surface area contributed by atoms with Gasteiger partial charge in [0.1, 0.15) is 18.0 Å². The van der Waals surface area contributed by atoms with Gasteiger partial charge in [0, 0.05) is 45.2 Å². The molecule has 1 aromatic heterocycles.